The molecule has 1 aromatic heterocycles. The molecule has 1 heterocycles. The van der Waals surface area contributed by atoms with Crippen molar-refractivity contribution >= 4 is 23.1 Å². The van der Waals surface area contributed by atoms with Crippen molar-refractivity contribution in [1.82, 2.24) is 9.97 Å². The highest BCUT2D eigenvalue weighted by Gasteiger charge is 2.16. The molecular formula is C11H17ClN4O3. The van der Waals surface area contributed by atoms with E-state index in [4.69, 9.17) is 16.3 Å². The first-order valence-corrected chi connectivity index (χ1v) is 6.37. The van der Waals surface area contributed by atoms with E-state index in [0.717, 1.165) is 12.6 Å². The van der Waals surface area contributed by atoms with Crippen molar-refractivity contribution in [3.8, 4) is 0 Å². The highest BCUT2D eigenvalue weighted by atomic mass is 35.5. The van der Waals surface area contributed by atoms with Gasteiger partial charge in [-0.15, -0.1) is 0 Å². The summed E-state index contributed by atoms with van der Waals surface area (Å²) in [6, 6.07) is 0. The van der Waals surface area contributed by atoms with Gasteiger partial charge in [0.25, 0.3) is 0 Å². The number of nitro groups is 1. The van der Waals surface area contributed by atoms with Crippen LogP contribution in [0.25, 0.3) is 0 Å². The number of hydrogen-bond acceptors (Lipinski definition) is 6. The number of hydrogen-bond donors (Lipinski definition) is 1. The third-order valence-electron chi connectivity index (χ3n) is 2.15. The lowest BCUT2D eigenvalue weighted by atomic mass is 10.2. The standard InChI is InChI=1S/C11H17ClN4O3/c1-8(2)7-19-5-3-4-13-10-9(16(17)18)6-14-11(12)15-10/h6,8H,3-5,7H2,1-2H3,(H,13,14,15). The normalized spacial score (nSPS) is 10.7. The van der Waals surface area contributed by atoms with Crippen molar-refractivity contribution in [1.29, 1.82) is 0 Å². The molecule has 7 nitrogen and oxygen atoms in total. The molecule has 19 heavy (non-hydrogen) atoms. The van der Waals surface area contributed by atoms with E-state index in [1.165, 1.54) is 0 Å². The van der Waals surface area contributed by atoms with Gasteiger partial charge in [0.2, 0.25) is 11.1 Å². The summed E-state index contributed by atoms with van der Waals surface area (Å²) in [6.45, 7) is 5.97. The molecule has 0 amide bonds. The molecule has 0 unspecified atom stereocenters. The first-order chi connectivity index (χ1) is 9.00. The van der Waals surface area contributed by atoms with Gasteiger partial charge in [-0.3, -0.25) is 10.1 Å². The topological polar surface area (TPSA) is 90.2 Å². The first-order valence-electron chi connectivity index (χ1n) is 5.99. The molecule has 1 N–H and O–H groups in total. The van der Waals surface area contributed by atoms with Gasteiger partial charge in [-0.2, -0.15) is 4.98 Å². The van der Waals surface area contributed by atoms with Crippen molar-refractivity contribution in [3.05, 3.63) is 21.6 Å². The van der Waals surface area contributed by atoms with Gasteiger partial charge in [-0.1, -0.05) is 13.8 Å². The van der Waals surface area contributed by atoms with E-state index in [1.54, 1.807) is 0 Å². The summed E-state index contributed by atoms with van der Waals surface area (Å²) >= 11 is 5.61. The maximum Gasteiger partial charge on any atom is 0.329 e. The van der Waals surface area contributed by atoms with Crippen molar-refractivity contribution in [2.45, 2.75) is 20.3 Å². The summed E-state index contributed by atoms with van der Waals surface area (Å²) in [5.74, 6) is 0.628. The Balaban J connectivity index is 2.40. The molecular weight excluding hydrogens is 272 g/mol. The molecule has 8 heteroatoms. The van der Waals surface area contributed by atoms with Crippen molar-refractivity contribution in [2.24, 2.45) is 5.92 Å². The van der Waals surface area contributed by atoms with Crippen LogP contribution in [0.2, 0.25) is 5.28 Å². The van der Waals surface area contributed by atoms with E-state index in [1.807, 2.05) is 0 Å². The molecule has 1 aromatic rings. The quantitative estimate of drug-likeness (QED) is 0.342. The maximum atomic E-state index is 10.8. The minimum absolute atomic E-state index is 0.0239. The molecule has 0 saturated carbocycles. The lowest BCUT2D eigenvalue weighted by Crippen LogP contribution is -2.10. The second-order valence-electron chi connectivity index (χ2n) is 4.38. The fraction of sp³-hybridized carbons (Fsp3) is 0.636. The zero-order valence-electron chi connectivity index (χ0n) is 10.9. The van der Waals surface area contributed by atoms with Crippen molar-refractivity contribution in [2.75, 3.05) is 25.1 Å². The van der Waals surface area contributed by atoms with E-state index in [-0.39, 0.29) is 16.8 Å². The van der Waals surface area contributed by atoms with Gasteiger partial charge in [-0.05, 0) is 23.9 Å². The summed E-state index contributed by atoms with van der Waals surface area (Å²) < 4.78 is 5.40. The zero-order valence-corrected chi connectivity index (χ0v) is 11.7. The SMILES string of the molecule is CC(C)COCCCNc1nc(Cl)ncc1[N+](=O)[O-]. The second kappa shape index (κ2) is 7.85. The average molecular weight is 289 g/mol. The number of rotatable bonds is 8. The molecule has 0 aliphatic heterocycles. The lowest BCUT2D eigenvalue weighted by molar-refractivity contribution is -0.384. The van der Waals surface area contributed by atoms with Gasteiger partial charge in [0.1, 0.15) is 6.20 Å². The van der Waals surface area contributed by atoms with Crippen LogP contribution in [0.5, 0.6) is 0 Å². The predicted octanol–water partition coefficient (Wildman–Crippen LogP) is 2.51. The molecule has 0 aromatic carbocycles. The van der Waals surface area contributed by atoms with E-state index in [2.05, 4.69) is 29.1 Å². The Morgan fingerprint density at radius 3 is 2.95 bits per heavy atom. The molecule has 0 radical (unpaired) electrons. The van der Waals surface area contributed by atoms with Crippen LogP contribution in [-0.2, 0) is 4.74 Å². The molecule has 0 fully saturated rings. The monoisotopic (exact) mass is 288 g/mol. The summed E-state index contributed by atoms with van der Waals surface area (Å²) in [5, 5.41) is 13.6. The van der Waals surface area contributed by atoms with Crippen LogP contribution in [0.4, 0.5) is 11.5 Å². The van der Waals surface area contributed by atoms with Crippen LogP contribution in [0, 0.1) is 16.0 Å². The Kier molecular flexibility index (Phi) is 6.44. The highest BCUT2D eigenvalue weighted by Crippen LogP contribution is 2.21. The van der Waals surface area contributed by atoms with Crippen LogP contribution in [0.3, 0.4) is 0 Å². The van der Waals surface area contributed by atoms with Gasteiger partial charge in [-0.25, -0.2) is 4.98 Å². The number of nitrogens with zero attached hydrogens (tertiary/aromatic N) is 3. The fourth-order valence-corrected chi connectivity index (χ4v) is 1.45. The smallest absolute Gasteiger partial charge is 0.329 e. The Morgan fingerprint density at radius 2 is 2.32 bits per heavy atom. The van der Waals surface area contributed by atoms with Crippen LogP contribution in [0.15, 0.2) is 6.20 Å². The molecule has 0 bridgehead atoms. The average Bonchev–Trinajstić information content (AvgIpc) is 2.33. The fourth-order valence-electron chi connectivity index (χ4n) is 1.32. The first kappa shape index (κ1) is 15.6. The van der Waals surface area contributed by atoms with Crippen molar-refractivity contribution in [3.63, 3.8) is 0 Å². The summed E-state index contributed by atoms with van der Waals surface area (Å²) in [7, 11) is 0. The van der Waals surface area contributed by atoms with Gasteiger partial charge in [0, 0.05) is 19.8 Å². The molecule has 0 aliphatic rings. The third kappa shape index (κ3) is 5.80. The van der Waals surface area contributed by atoms with Gasteiger partial charge in [0.05, 0.1) is 4.92 Å². The molecule has 0 atom stereocenters. The molecule has 0 aliphatic carbocycles. The Labute approximate surface area is 116 Å². The molecule has 106 valence electrons. The number of anilines is 1. The van der Waals surface area contributed by atoms with Crippen LogP contribution in [-0.4, -0.2) is 34.6 Å². The molecule has 1 rings (SSSR count). The summed E-state index contributed by atoms with van der Waals surface area (Å²) in [6.07, 6.45) is 1.82. The van der Waals surface area contributed by atoms with Crippen molar-refractivity contribution < 1.29 is 9.66 Å². The van der Waals surface area contributed by atoms with E-state index < -0.39 is 4.92 Å². The van der Waals surface area contributed by atoms with Crippen LogP contribution in [0.1, 0.15) is 20.3 Å². The zero-order chi connectivity index (χ0) is 14.3. The number of ether oxygens (including phenoxy) is 1. The van der Waals surface area contributed by atoms with E-state index in [9.17, 15) is 10.1 Å². The largest absolute Gasteiger partial charge is 0.381 e. The maximum absolute atomic E-state index is 10.8. The highest BCUT2D eigenvalue weighted by molar-refractivity contribution is 6.28. The number of nitrogens with one attached hydrogen (secondary N) is 1. The molecule has 0 saturated heterocycles. The van der Waals surface area contributed by atoms with Gasteiger partial charge >= 0.3 is 5.69 Å². The predicted molar refractivity (Wildman–Crippen MR) is 72.5 cm³/mol. The van der Waals surface area contributed by atoms with E-state index in [0.29, 0.717) is 25.7 Å². The Bertz CT molecular complexity index is 428. The third-order valence-corrected chi connectivity index (χ3v) is 2.33. The van der Waals surface area contributed by atoms with Crippen LogP contribution >= 0.6 is 11.6 Å². The number of aromatic nitrogens is 2. The minimum atomic E-state index is -0.548. The second-order valence-corrected chi connectivity index (χ2v) is 4.72. The number of halogens is 1. The van der Waals surface area contributed by atoms with Gasteiger partial charge in [0.15, 0.2) is 0 Å². The Hall–Kier alpha value is -1.47. The van der Waals surface area contributed by atoms with E-state index >= 15 is 0 Å². The minimum Gasteiger partial charge on any atom is -0.381 e. The lowest BCUT2D eigenvalue weighted by Gasteiger charge is -2.08. The summed E-state index contributed by atoms with van der Waals surface area (Å²) in [5.41, 5.74) is -0.188. The van der Waals surface area contributed by atoms with Gasteiger partial charge < -0.3 is 10.1 Å². The van der Waals surface area contributed by atoms with Crippen LogP contribution < -0.4 is 5.32 Å². The Morgan fingerprint density at radius 1 is 1.58 bits per heavy atom. The molecule has 0 spiro atoms. The summed E-state index contributed by atoms with van der Waals surface area (Å²) in [4.78, 5) is 17.6.